The zero-order valence-electron chi connectivity index (χ0n) is 4.48. The molecule has 1 fully saturated rings. The minimum absolute atomic E-state index is 0.156. The summed E-state index contributed by atoms with van der Waals surface area (Å²) < 4.78 is 0. The van der Waals surface area contributed by atoms with Crippen molar-refractivity contribution in [3.05, 3.63) is 0 Å². The minimum atomic E-state index is -0.156. The SMILES string of the molecule is O=CC1NCNCN1. The first-order chi connectivity index (χ1) is 3.93. The van der Waals surface area contributed by atoms with Gasteiger partial charge in [-0.25, -0.2) is 0 Å². The highest BCUT2D eigenvalue weighted by Crippen LogP contribution is 1.71. The van der Waals surface area contributed by atoms with Crippen LogP contribution in [0.5, 0.6) is 0 Å². The van der Waals surface area contributed by atoms with E-state index in [0.29, 0.717) is 13.3 Å². The van der Waals surface area contributed by atoms with Crippen LogP contribution in [0.4, 0.5) is 0 Å². The molecule has 4 heteroatoms. The highest BCUT2D eigenvalue weighted by Gasteiger charge is 2.06. The van der Waals surface area contributed by atoms with Gasteiger partial charge in [0, 0.05) is 13.3 Å². The molecule has 0 atom stereocenters. The molecule has 0 amide bonds. The summed E-state index contributed by atoms with van der Waals surface area (Å²) in [5.74, 6) is 0. The lowest BCUT2D eigenvalue weighted by atomic mass is 10.5. The van der Waals surface area contributed by atoms with Crippen LogP contribution < -0.4 is 16.0 Å². The molecule has 0 aromatic heterocycles. The average molecular weight is 115 g/mol. The van der Waals surface area contributed by atoms with Gasteiger partial charge in [-0.3, -0.25) is 16.0 Å². The van der Waals surface area contributed by atoms with Crippen LogP contribution in [0.25, 0.3) is 0 Å². The Morgan fingerprint density at radius 2 is 2.00 bits per heavy atom. The van der Waals surface area contributed by atoms with Gasteiger partial charge in [-0.15, -0.1) is 0 Å². The third kappa shape index (κ3) is 1.26. The zero-order valence-corrected chi connectivity index (χ0v) is 4.48. The van der Waals surface area contributed by atoms with E-state index >= 15 is 0 Å². The molecule has 46 valence electrons. The fourth-order valence-corrected chi connectivity index (χ4v) is 0.595. The molecule has 1 heterocycles. The number of nitrogens with one attached hydrogen (secondary N) is 3. The van der Waals surface area contributed by atoms with E-state index in [2.05, 4.69) is 16.0 Å². The Bertz CT molecular complexity index is 79.4. The first kappa shape index (κ1) is 5.68. The molecule has 0 unspecified atom stereocenters. The first-order valence-corrected chi connectivity index (χ1v) is 2.56. The molecule has 0 radical (unpaired) electrons. The Kier molecular flexibility index (Phi) is 1.96. The summed E-state index contributed by atoms with van der Waals surface area (Å²) in [6.45, 7) is 1.41. The predicted molar refractivity (Wildman–Crippen MR) is 29.0 cm³/mol. The van der Waals surface area contributed by atoms with Crippen molar-refractivity contribution in [3.8, 4) is 0 Å². The quantitative estimate of drug-likeness (QED) is 0.353. The summed E-state index contributed by atoms with van der Waals surface area (Å²) >= 11 is 0. The Hall–Kier alpha value is -0.450. The van der Waals surface area contributed by atoms with Crippen LogP contribution in [0.2, 0.25) is 0 Å². The van der Waals surface area contributed by atoms with Gasteiger partial charge in [0.25, 0.3) is 0 Å². The molecule has 1 rings (SSSR count). The number of rotatable bonds is 1. The molecule has 3 N–H and O–H groups in total. The van der Waals surface area contributed by atoms with Crippen LogP contribution in [0.15, 0.2) is 0 Å². The third-order valence-corrected chi connectivity index (χ3v) is 1.03. The molecule has 0 aromatic carbocycles. The van der Waals surface area contributed by atoms with E-state index in [1.165, 1.54) is 0 Å². The second kappa shape index (κ2) is 2.76. The molecule has 0 aliphatic carbocycles. The number of carbonyl (C=O) groups is 1. The average Bonchev–Trinajstić information content (AvgIpc) is 1.90. The van der Waals surface area contributed by atoms with Gasteiger partial charge >= 0.3 is 0 Å². The van der Waals surface area contributed by atoms with Crippen molar-refractivity contribution in [1.82, 2.24) is 16.0 Å². The largest absolute Gasteiger partial charge is 0.300 e. The molecule has 0 spiro atoms. The number of hydrogen-bond donors (Lipinski definition) is 3. The highest BCUT2D eigenvalue weighted by molar-refractivity contribution is 5.56. The summed E-state index contributed by atoms with van der Waals surface area (Å²) in [4.78, 5) is 10.0. The van der Waals surface area contributed by atoms with Crippen molar-refractivity contribution >= 4 is 6.29 Å². The van der Waals surface area contributed by atoms with Crippen LogP contribution in [0.1, 0.15) is 0 Å². The second-order valence-corrected chi connectivity index (χ2v) is 1.63. The summed E-state index contributed by atoms with van der Waals surface area (Å²) in [7, 11) is 0. The van der Waals surface area contributed by atoms with E-state index in [4.69, 9.17) is 0 Å². The van der Waals surface area contributed by atoms with Gasteiger partial charge in [-0.05, 0) is 0 Å². The number of carbonyl (C=O) groups excluding carboxylic acids is 1. The molecule has 8 heavy (non-hydrogen) atoms. The maximum Gasteiger partial charge on any atom is 0.151 e. The maximum atomic E-state index is 10.0. The van der Waals surface area contributed by atoms with E-state index in [1.807, 2.05) is 0 Å². The zero-order chi connectivity index (χ0) is 5.82. The maximum absolute atomic E-state index is 10.0. The Morgan fingerprint density at radius 1 is 1.38 bits per heavy atom. The van der Waals surface area contributed by atoms with Gasteiger partial charge in [-0.1, -0.05) is 0 Å². The number of aldehydes is 1. The van der Waals surface area contributed by atoms with Gasteiger partial charge in [-0.2, -0.15) is 0 Å². The van der Waals surface area contributed by atoms with E-state index in [9.17, 15) is 4.79 Å². The van der Waals surface area contributed by atoms with Gasteiger partial charge in [0.2, 0.25) is 0 Å². The lowest BCUT2D eigenvalue weighted by molar-refractivity contribution is -0.110. The molecular weight excluding hydrogens is 106 g/mol. The standard InChI is InChI=1S/C4H9N3O/c8-1-4-6-2-5-3-7-4/h1,4-7H,2-3H2. The van der Waals surface area contributed by atoms with E-state index < -0.39 is 0 Å². The number of hydrogen-bond acceptors (Lipinski definition) is 4. The summed E-state index contributed by atoms with van der Waals surface area (Å²) in [5.41, 5.74) is 0. The molecule has 0 bridgehead atoms. The first-order valence-electron chi connectivity index (χ1n) is 2.56. The van der Waals surface area contributed by atoms with Gasteiger partial charge in [0.15, 0.2) is 6.29 Å². The Labute approximate surface area is 47.6 Å². The van der Waals surface area contributed by atoms with E-state index in [0.717, 1.165) is 6.29 Å². The third-order valence-electron chi connectivity index (χ3n) is 1.03. The van der Waals surface area contributed by atoms with Crippen LogP contribution in [-0.2, 0) is 4.79 Å². The van der Waals surface area contributed by atoms with Crippen molar-refractivity contribution in [2.75, 3.05) is 13.3 Å². The molecule has 0 saturated carbocycles. The van der Waals surface area contributed by atoms with E-state index in [-0.39, 0.29) is 6.17 Å². The van der Waals surface area contributed by atoms with Crippen LogP contribution in [0, 0.1) is 0 Å². The summed E-state index contributed by atoms with van der Waals surface area (Å²) in [5, 5.41) is 8.72. The minimum Gasteiger partial charge on any atom is -0.300 e. The van der Waals surface area contributed by atoms with Gasteiger partial charge in [0.1, 0.15) is 6.17 Å². The molecule has 1 aliphatic heterocycles. The fourth-order valence-electron chi connectivity index (χ4n) is 0.595. The van der Waals surface area contributed by atoms with Crippen molar-refractivity contribution in [1.29, 1.82) is 0 Å². The smallest absolute Gasteiger partial charge is 0.151 e. The van der Waals surface area contributed by atoms with E-state index in [1.54, 1.807) is 0 Å². The lowest BCUT2D eigenvalue weighted by Gasteiger charge is -2.20. The predicted octanol–water partition coefficient (Wildman–Crippen LogP) is -1.79. The molecule has 1 aliphatic rings. The van der Waals surface area contributed by atoms with Crippen molar-refractivity contribution in [2.45, 2.75) is 6.17 Å². The topological polar surface area (TPSA) is 53.2 Å². The molecule has 1 saturated heterocycles. The monoisotopic (exact) mass is 115 g/mol. The normalized spacial score (nSPS) is 23.0. The lowest BCUT2D eigenvalue weighted by Crippen LogP contribution is -2.56. The molecule has 4 nitrogen and oxygen atoms in total. The van der Waals surface area contributed by atoms with Crippen LogP contribution in [0.3, 0.4) is 0 Å². The van der Waals surface area contributed by atoms with Crippen LogP contribution >= 0.6 is 0 Å². The van der Waals surface area contributed by atoms with Gasteiger partial charge in [0.05, 0.1) is 0 Å². The van der Waals surface area contributed by atoms with Crippen LogP contribution in [-0.4, -0.2) is 25.8 Å². The Balaban J connectivity index is 2.22. The Morgan fingerprint density at radius 3 is 2.38 bits per heavy atom. The van der Waals surface area contributed by atoms with Crippen molar-refractivity contribution in [3.63, 3.8) is 0 Å². The molecule has 0 aromatic rings. The fraction of sp³-hybridized carbons (Fsp3) is 0.750. The summed E-state index contributed by atoms with van der Waals surface area (Å²) in [6.07, 6.45) is 0.692. The second-order valence-electron chi connectivity index (χ2n) is 1.63. The highest BCUT2D eigenvalue weighted by atomic mass is 16.1. The summed E-state index contributed by atoms with van der Waals surface area (Å²) in [6, 6.07) is 0. The van der Waals surface area contributed by atoms with Gasteiger partial charge < -0.3 is 4.79 Å². The molecular formula is C4H9N3O. The van der Waals surface area contributed by atoms with Crippen molar-refractivity contribution in [2.24, 2.45) is 0 Å². The van der Waals surface area contributed by atoms with Crippen molar-refractivity contribution < 1.29 is 4.79 Å².